The first kappa shape index (κ1) is 18.2. The fourth-order valence-corrected chi connectivity index (χ4v) is 5.32. The predicted octanol–water partition coefficient (Wildman–Crippen LogP) is 4.24. The number of furan rings is 1. The average molecular weight is 410 g/mol. The van der Waals surface area contributed by atoms with E-state index in [0.29, 0.717) is 18.7 Å². The fourth-order valence-electron chi connectivity index (χ4n) is 4.27. The van der Waals surface area contributed by atoms with Crippen LogP contribution in [0.15, 0.2) is 51.8 Å². The quantitative estimate of drug-likeness (QED) is 0.698. The first-order valence-corrected chi connectivity index (χ1v) is 11.5. The Labute approximate surface area is 169 Å². The first-order valence-electron chi connectivity index (χ1n) is 9.99. The molecule has 0 radical (unpaired) electrons. The predicted molar refractivity (Wildman–Crippen MR) is 112 cm³/mol. The molecule has 2 aliphatic rings. The van der Waals surface area contributed by atoms with Gasteiger partial charge in [-0.25, -0.2) is 8.42 Å². The molecule has 2 aromatic carbocycles. The van der Waals surface area contributed by atoms with Crippen molar-refractivity contribution in [2.45, 2.75) is 43.4 Å². The molecule has 1 N–H and O–H groups in total. The van der Waals surface area contributed by atoms with Gasteiger partial charge in [0.05, 0.1) is 4.90 Å². The molecule has 2 heterocycles. The van der Waals surface area contributed by atoms with Gasteiger partial charge >= 0.3 is 0 Å². The third-order valence-electron chi connectivity index (χ3n) is 5.74. The summed E-state index contributed by atoms with van der Waals surface area (Å²) >= 11 is 0. The van der Waals surface area contributed by atoms with Crippen molar-refractivity contribution >= 4 is 38.3 Å². The molecule has 6 nitrogen and oxygen atoms in total. The Morgan fingerprint density at radius 3 is 2.48 bits per heavy atom. The second-order valence-corrected chi connectivity index (χ2v) is 9.35. The first-order chi connectivity index (χ1) is 14.0. The molecule has 0 unspecified atom stereocenters. The number of carbonyl (C=O) groups excluding carboxylic acids is 1. The lowest BCUT2D eigenvalue weighted by atomic mass is 9.96. The maximum absolute atomic E-state index is 12.8. The van der Waals surface area contributed by atoms with Crippen LogP contribution >= 0.6 is 0 Å². The van der Waals surface area contributed by atoms with Crippen molar-refractivity contribution in [1.29, 1.82) is 0 Å². The number of aryl methyl sites for hydroxylation is 2. The number of benzene rings is 2. The van der Waals surface area contributed by atoms with Gasteiger partial charge in [-0.2, -0.15) is 0 Å². The second kappa shape index (κ2) is 6.91. The molecule has 1 fully saturated rings. The molecule has 1 saturated heterocycles. The van der Waals surface area contributed by atoms with E-state index in [2.05, 4.69) is 4.72 Å². The number of hydrogen-bond donors (Lipinski definition) is 1. The highest BCUT2D eigenvalue weighted by Crippen LogP contribution is 2.34. The summed E-state index contributed by atoms with van der Waals surface area (Å²) in [5.41, 5.74) is 3.26. The SMILES string of the molecule is O=C1CCCN1c1ccc(S(=O)(=O)Nc2ccc3oc4c(c3c2)CCCC4)cc1. The Morgan fingerprint density at radius 1 is 0.931 bits per heavy atom. The fraction of sp³-hybridized carbons (Fsp3) is 0.318. The van der Waals surface area contributed by atoms with Crippen molar-refractivity contribution in [3.8, 4) is 0 Å². The van der Waals surface area contributed by atoms with Gasteiger partial charge in [-0.05, 0) is 68.1 Å². The third-order valence-corrected chi connectivity index (χ3v) is 7.14. The van der Waals surface area contributed by atoms with E-state index in [-0.39, 0.29) is 10.8 Å². The average Bonchev–Trinajstić information content (AvgIpc) is 3.31. The Kier molecular flexibility index (Phi) is 4.35. The number of anilines is 2. The number of hydrogen-bond acceptors (Lipinski definition) is 4. The monoisotopic (exact) mass is 410 g/mol. The van der Waals surface area contributed by atoms with Crippen molar-refractivity contribution in [3.05, 3.63) is 53.8 Å². The highest BCUT2D eigenvalue weighted by Gasteiger charge is 2.23. The third kappa shape index (κ3) is 3.29. The van der Waals surface area contributed by atoms with Crippen LogP contribution in [0.4, 0.5) is 11.4 Å². The van der Waals surface area contributed by atoms with Gasteiger partial charge in [-0.1, -0.05) is 0 Å². The smallest absolute Gasteiger partial charge is 0.261 e. The Bertz CT molecular complexity index is 1200. The Balaban J connectivity index is 1.41. The molecule has 29 heavy (non-hydrogen) atoms. The molecule has 0 saturated carbocycles. The molecule has 1 aliphatic heterocycles. The minimum absolute atomic E-state index is 0.0791. The van der Waals surface area contributed by atoms with Crippen LogP contribution in [0.5, 0.6) is 0 Å². The molecule has 1 aliphatic carbocycles. The maximum Gasteiger partial charge on any atom is 0.261 e. The molecule has 3 aromatic rings. The van der Waals surface area contributed by atoms with Gasteiger partial charge in [0.2, 0.25) is 5.91 Å². The van der Waals surface area contributed by atoms with Gasteiger partial charge in [0, 0.05) is 41.7 Å². The zero-order valence-corrected chi connectivity index (χ0v) is 16.8. The number of nitrogens with zero attached hydrogens (tertiary/aromatic N) is 1. The van der Waals surface area contributed by atoms with Crippen LogP contribution in [-0.4, -0.2) is 20.9 Å². The molecular weight excluding hydrogens is 388 g/mol. The standard InChI is InChI=1S/C22H22N2O4S/c25-22-6-3-13-24(22)16-8-10-17(11-9-16)29(26,27)23-15-7-12-21-19(14-15)18-4-1-2-5-20(18)28-21/h7-12,14,23H,1-6,13H2. The molecule has 1 aromatic heterocycles. The molecule has 5 rings (SSSR count). The molecule has 150 valence electrons. The molecule has 7 heteroatoms. The van der Waals surface area contributed by atoms with E-state index in [1.165, 1.54) is 5.56 Å². The van der Waals surface area contributed by atoms with Crippen LogP contribution in [0, 0.1) is 0 Å². The van der Waals surface area contributed by atoms with Gasteiger partial charge in [-0.15, -0.1) is 0 Å². The van der Waals surface area contributed by atoms with Crippen LogP contribution < -0.4 is 9.62 Å². The molecule has 0 atom stereocenters. The minimum atomic E-state index is -3.72. The molecule has 0 bridgehead atoms. The van der Waals surface area contributed by atoms with Gasteiger partial charge in [-0.3, -0.25) is 9.52 Å². The summed E-state index contributed by atoms with van der Waals surface area (Å²) in [7, 11) is -3.72. The summed E-state index contributed by atoms with van der Waals surface area (Å²) in [6, 6.07) is 11.9. The lowest BCUT2D eigenvalue weighted by Crippen LogP contribution is -2.23. The van der Waals surface area contributed by atoms with E-state index in [1.807, 2.05) is 12.1 Å². The van der Waals surface area contributed by atoms with Crippen molar-refractivity contribution in [3.63, 3.8) is 0 Å². The van der Waals surface area contributed by atoms with Crippen molar-refractivity contribution in [2.75, 3.05) is 16.2 Å². The number of carbonyl (C=O) groups is 1. The van der Waals surface area contributed by atoms with Gasteiger partial charge < -0.3 is 9.32 Å². The van der Waals surface area contributed by atoms with Crippen LogP contribution in [0.2, 0.25) is 0 Å². The summed E-state index contributed by atoms with van der Waals surface area (Å²) in [5, 5.41) is 0.989. The molecule has 1 amide bonds. The van der Waals surface area contributed by atoms with Crippen molar-refractivity contribution in [2.24, 2.45) is 0 Å². The number of rotatable bonds is 4. The second-order valence-electron chi connectivity index (χ2n) is 7.67. The van der Waals surface area contributed by atoms with E-state index in [4.69, 9.17) is 4.42 Å². The van der Waals surface area contributed by atoms with Gasteiger partial charge in [0.1, 0.15) is 11.3 Å². The van der Waals surface area contributed by atoms with E-state index in [0.717, 1.165) is 54.5 Å². The lowest BCUT2D eigenvalue weighted by Gasteiger charge is -2.16. The minimum Gasteiger partial charge on any atom is -0.461 e. The van der Waals surface area contributed by atoms with E-state index < -0.39 is 10.0 Å². The number of nitrogens with one attached hydrogen (secondary N) is 1. The zero-order valence-electron chi connectivity index (χ0n) is 16.0. The Hall–Kier alpha value is -2.80. The van der Waals surface area contributed by atoms with Gasteiger partial charge in [0.15, 0.2) is 0 Å². The number of sulfonamides is 1. The summed E-state index contributed by atoms with van der Waals surface area (Å²) < 4.78 is 34.3. The highest BCUT2D eigenvalue weighted by atomic mass is 32.2. The van der Waals surface area contributed by atoms with Crippen LogP contribution in [-0.2, 0) is 27.7 Å². The number of fused-ring (bicyclic) bond motifs is 3. The molecular formula is C22H22N2O4S. The summed E-state index contributed by atoms with van der Waals surface area (Å²) in [6.07, 6.45) is 5.55. The summed E-state index contributed by atoms with van der Waals surface area (Å²) in [6.45, 7) is 0.679. The van der Waals surface area contributed by atoms with Crippen molar-refractivity contribution < 1.29 is 17.6 Å². The van der Waals surface area contributed by atoms with E-state index in [9.17, 15) is 13.2 Å². The largest absolute Gasteiger partial charge is 0.461 e. The lowest BCUT2D eigenvalue weighted by molar-refractivity contribution is -0.117. The van der Waals surface area contributed by atoms with Crippen LogP contribution in [0.25, 0.3) is 11.0 Å². The number of amides is 1. The topological polar surface area (TPSA) is 79.6 Å². The van der Waals surface area contributed by atoms with Crippen LogP contribution in [0.3, 0.4) is 0 Å². The summed E-state index contributed by atoms with van der Waals surface area (Å²) in [4.78, 5) is 13.7. The highest BCUT2D eigenvalue weighted by molar-refractivity contribution is 7.92. The molecule has 0 spiro atoms. The summed E-state index contributed by atoms with van der Waals surface area (Å²) in [5.74, 6) is 1.11. The normalized spacial score (nSPS) is 17.0. The van der Waals surface area contributed by atoms with Crippen LogP contribution in [0.1, 0.15) is 37.0 Å². The van der Waals surface area contributed by atoms with Gasteiger partial charge in [0.25, 0.3) is 10.0 Å². The van der Waals surface area contributed by atoms with Crippen molar-refractivity contribution in [1.82, 2.24) is 0 Å². The van der Waals surface area contributed by atoms with E-state index in [1.54, 1.807) is 35.2 Å². The zero-order chi connectivity index (χ0) is 20.0. The Morgan fingerprint density at radius 2 is 1.72 bits per heavy atom. The van der Waals surface area contributed by atoms with E-state index >= 15 is 0 Å². The maximum atomic E-state index is 12.8.